The second-order valence-corrected chi connectivity index (χ2v) is 3.86. The highest BCUT2D eigenvalue weighted by Gasteiger charge is 2.20. The van der Waals surface area contributed by atoms with Gasteiger partial charge < -0.3 is 4.90 Å². The highest BCUT2D eigenvalue weighted by Crippen LogP contribution is 2.16. The highest BCUT2D eigenvalue weighted by molar-refractivity contribution is 6.27. The van der Waals surface area contributed by atoms with Crippen molar-refractivity contribution >= 4 is 29.9 Å². The molecule has 0 atom stereocenters. The molecule has 1 aliphatic rings. The maximum Gasteiger partial charge on any atom is 0.237 e. The molecule has 0 radical (unpaired) electrons. The van der Waals surface area contributed by atoms with E-state index in [2.05, 4.69) is 9.97 Å². The largest absolute Gasteiger partial charge is 0.337 e. The third-order valence-electron chi connectivity index (χ3n) is 2.52. The van der Waals surface area contributed by atoms with E-state index in [4.69, 9.17) is 11.6 Å². The van der Waals surface area contributed by atoms with E-state index in [9.17, 15) is 4.79 Å². The number of halogens is 2. The molecule has 0 fully saturated rings. The lowest BCUT2D eigenvalue weighted by Gasteiger charge is -2.27. The zero-order valence-corrected chi connectivity index (χ0v) is 10.5. The van der Waals surface area contributed by atoms with E-state index >= 15 is 0 Å². The van der Waals surface area contributed by atoms with Crippen LogP contribution >= 0.6 is 24.0 Å². The number of hydrogen-bond acceptors (Lipinski definition) is 3. The molecule has 0 N–H and O–H groups in total. The van der Waals surface area contributed by atoms with Gasteiger partial charge in [-0.15, -0.1) is 24.0 Å². The second-order valence-electron chi connectivity index (χ2n) is 3.59. The van der Waals surface area contributed by atoms with Gasteiger partial charge in [0.15, 0.2) is 0 Å². The van der Waals surface area contributed by atoms with Gasteiger partial charge in [0, 0.05) is 31.3 Å². The molecule has 1 aliphatic heterocycles. The quantitative estimate of drug-likeness (QED) is 0.717. The summed E-state index contributed by atoms with van der Waals surface area (Å²) < 4.78 is 0. The summed E-state index contributed by atoms with van der Waals surface area (Å²) in [6, 6.07) is 0. The SMILES string of the molecule is Cc1ncc2c(n1)CCN(C(=O)CCl)C2.Cl. The molecule has 1 amide bonds. The lowest BCUT2D eigenvalue weighted by molar-refractivity contribution is -0.129. The number of rotatable bonds is 1. The Morgan fingerprint density at radius 2 is 2.38 bits per heavy atom. The van der Waals surface area contributed by atoms with Crippen LogP contribution in [0.2, 0.25) is 0 Å². The van der Waals surface area contributed by atoms with Gasteiger partial charge in [0.25, 0.3) is 0 Å². The average Bonchev–Trinajstić information content (AvgIpc) is 2.27. The van der Waals surface area contributed by atoms with Crippen molar-refractivity contribution in [3.05, 3.63) is 23.3 Å². The number of carbonyl (C=O) groups is 1. The Balaban J connectivity index is 0.00000128. The Labute approximate surface area is 105 Å². The highest BCUT2D eigenvalue weighted by atomic mass is 35.5. The summed E-state index contributed by atoms with van der Waals surface area (Å²) in [5.41, 5.74) is 2.09. The minimum Gasteiger partial charge on any atom is -0.337 e. The van der Waals surface area contributed by atoms with E-state index in [0.29, 0.717) is 13.1 Å². The van der Waals surface area contributed by atoms with Crippen molar-refractivity contribution in [2.45, 2.75) is 19.9 Å². The van der Waals surface area contributed by atoms with Crippen LogP contribution < -0.4 is 0 Å². The number of aromatic nitrogens is 2. The normalized spacial score (nSPS) is 14.0. The summed E-state index contributed by atoms with van der Waals surface area (Å²) in [4.78, 5) is 21.6. The molecule has 0 aromatic carbocycles. The number of amides is 1. The first-order valence-corrected chi connectivity index (χ1v) is 5.39. The van der Waals surface area contributed by atoms with Crippen LogP contribution in [0.15, 0.2) is 6.20 Å². The summed E-state index contributed by atoms with van der Waals surface area (Å²) in [7, 11) is 0. The fourth-order valence-corrected chi connectivity index (χ4v) is 1.88. The van der Waals surface area contributed by atoms with Crippen molar-refractivity contribution in [1.29, 1.82) is 0 Å². The third kappa shape index (κ3) is 2.62. The van der Waals surface area contributed by atoms with Crippen molar-refractivity contribution in [2.75, 3.05) is 12.4 Å². The van der Waals surface area contributed by atoms with Crippen LogP contribution in [-0.4, -0.2) is 33.2 Å². The topological polar surface area (TPSA) is 46.1 Å². The van der Waals surface area contributed by atoms with Gasteiger partial charge in [-0.3, -0.25) is 4.79 Å². The predicted molar refractivity (Wildman–Crippen MR) is 63.9 cm³/mol. The number of hydrogen-bond donors (Lipinski definition) is 0. The van der Waals surface area contributed by atoms with Crippen molar-refractivity contribution in [3.8, 4) is 0 Å². The molecular formula is C10H13Cl2N3O. The Morgan fingerprint density at radius 1 is 1.62 bits per heavy atom. The van der Waals surface area contributed by atoms with Crippen molar-refractivity contribution in [3.63, 3.8) is 0 Å². The lowest BCUT2D eigenvalue weighted by Crippen LogP contribution is -2.37. The van der Waals surface area contributed by atoms with E-state index in [-0.39, 0.29) is 24.2 Å². The van der Waals surface area contributed by atoms with Crippen LogP contribution in [0.1, 0.15) is 17.1 Å². The van der Waals surface area contributed by atoms with E-state index in [0.717, 1.165) is 23.5 Å². The van der Waals surface area contributed by atoms with Gasteiger partial charge in [0.05, 0.1) is 5.69 Å². The Hall–Kier alpha value is -0.870. The van der Waals surface area contributed by atoms with Gasteiger partial charge in [-0.1, -0.05) is 0 Å². The third-order valence-corrected chi connectivity index (χ3v) is 2.75. The Kier molecular flexibility index (Phi) is 4.50. The summed E-state index contributed by atoms with van der Waals surface area (Å²) in [6.45, 7) is 3.16. The fraction of sp³-hybridized carbons (Fsp3) is 0.500. The van der Waals surface area contributed by atoms with Gasteiger partial charge in [-0.25, -0.2) is 9.97 Å². The van der Waals surface area contributed by atoms with Gasteiger partial charge in [0.2, 0.25) is 5.91 Å². The first-order chi connectivity index (χ1) is 7.20. The van der Waals surface area contributed by atoms with Crippen molar-refractivity contribution in [2.24, 2.45) is 0 Å². The molecule has 16 heavy (non-hydrogen) atoms. The standard InChI is InChI=1S/C10H12ClN3O.ClH/c1-7-12-5-8-6-14(10(15)4-11)3-2-9(8)13-7;/h5H,2-4,6H2,1H3;1H. The van der Waals surface area contributed by atoms with Crippen molar-refractivity contribution < 1.29 is 4.79 Å². The fourth-order valence-electron chi connectivity index (χ4n) is 1.71. The molecule has 6 heteroatoms. The maximum atomic E-state index is 11.4. The molecule has 1 aromatic rings. The summed E-state index contributed by atoms with van der Waals surface area (Å²) in [6.07, 6.45) is 2.59. The Morgan fingerprint density at radius 3 is 3.06 bits per heavy atom. The second kappa shape index (κ2) is 5.46. The maximum absolute atomic E-state index is 11.4. The van der Waals surface area contributed by atoms with Crippen LogP contribution in [0.3, 0.4) is 0 Å². The molecule has 0 unspecified atom stereocenters. The number of fused-ring (bicyclic) bond motifs is 1. The van der Waals surface area contributed by atoms with Gasteiger partial charge in [-0.05, 0) is 6.92 Å². The van der Waals surface area contributed by atoms with Crippen LogP contribution in [-0.2, 0) is 17.8 Å². The Bertz CT molecular complexity index is 398. The molecule has 0 bridgehead atoms. The molecule has 0 saturated carbocycles. The van der Waals surface area contributed by atoms with Gasteiger partial charge in [-0.2, -0.15) is 0 Å². The minimum atomic E-state index is -0.0251. The first kappa shape index (κ1) is 13.2. The van der Waals surface area contributed by atoms with Crippen molar-refractivity contribution in [1.82, 2.24) is 14.9 Å². The van der Waals surface area contributed by atoms with E-state index in [1.807, 2.05) is 6.92 Å². The van der Waals surface area contributed by atoms with Gasteiger partial charge in [0.1, 0.15) is 11.7 Å². The van der Waals surface area contributed by atoms with Crippen LogP contribution in [0.4, 0.5) is 0 Å². The molecule has 2 rings (SSSR count). The molecule has 1 aromatic heterocycles. The molecular weight excluding hydrogens is 249 g/mol. The van der Waals surface area contributed by atoms with Crippen LogP contribution in [0, 0.1) is 6.92 Å². The predicted octanol–water partition coefficient (Wildman–Crippen LogP) is 1.33. The smallest absolute Gasteiger partial charge is 0.237 e. The zero-order chi connectivity index (χ0) is 10.8. The van der Waals surface area contributed by atoms with E-state index in [1.54, 1.807) is 11.1 Å². The van der Waals surface area contributed by atoms with Gasteiger partial charge >= 0.3 is 0 Å². The van der Waals surface area contributed by atoms with Crippen LogP contribution in [0.25, 0.3) is 0 Å². The molecule has 0 saturated heterocycles. The zero-order valence-electron chi connectivity index (χ0n) is 8.94. The molecule has 88 valence electrons. The summed E-state index contributed by atoms with van der Waals surface area (Å²) >= 11 is 5.52. The molecule has 0 aliphatic carbocycles. The van der Waals surface area contributed by atoms with Crippen LogP contribution in [0.5, 0.6) is 0 Å². The summed E-state index contributed by atoms with van der Waals surface area (Å²) in [5.74, 6) is 0.802. The number of nitrogens with zero attached hydrogens (tertiary/aromatic N) is 3. The molecule has 4 nitrogen and oxygen atoms in total. The van der Waals surface area contributed by atoms with E-state index < -0.39 is 0 Å². The number of carbonyl (C=O) groups excluding carboxylic acids is 1. The lowest BCUT2D eigenvalue weighted by atomic mass is 10.1. The number of aryl methyl sites for hydroxylation is 1. The first-order valence-electron chi connectivity index (χ1n) is 4.86. The molecule has 0 spiro atoms. The molecule has 2 heterocycles. The monoisotopic (exact) mass is 261 g/mol. The summed E-state index contributed by atoms with van der Waals surface area (Å²) in [5, 5.41) is 0. The number of alkyl halides is 1. The average molecular weight is 262 g/mol. The van der Waals surface area contributed by atoms with E-state index in [1.165, 1.54) is 0 Å². The minimum absolute atomic E-state index is 0.